The molecule has 4 rings (SSSR count). The minimum Gasteiger partial charge on any atom is -0.503 e. The molecule has 1 aliphatic rings. The Morgan fingerprint density at radius 1 is 1.17 bits per heavy atom. The Morgan fingerprint density at radius 3 is 2.53 bits per heavy atom. The Balaban J connectivity index is 1.78. The van der Waals surface area contributed by atoms with Crippen LogP contribution in [0.15, 0.2) is 77.6 Å². The number of aromatic nitrogens is 1. The van der Waals surface area contributed by atoms with Crippen molar-refractivity contribution in [3.63, 3.8) is 0 Å². The number of pyridine rings is 1. The molecule has 0 saturated heterocycles. The van der Waals surface area contributed by atoms with Gasteiger partial charge in [0.25, 0.3) is 5.91 Å². The highest BCUT2D eigenvalue weighted by Gasteiger charge is 2.43. The fourth-order valence-electron chi connectivity index (χ4n) is 3.69. The molecule has 3 heterocycles. The summed E-state index contributed by atoms with van der Waals surface area (Å²) in [5.74, 6) is -0.971. The number of nitrogens with zero attached hydrogens (tertiary/aromatic N) is 2. The van der Waals surface area contributed by atoms with Crippen LogP contribution in [0.5, 0.6) is 0 Å². The standard InChI is InChI=1S/C24H22N2O3S/c1-15(2)17-7-9-18(10-8-17)21-20(22(27)19-6-4-12-30-19)23(28)24(29)26(21)14-16-5-3-11-25-13-16/h3-13,15,21,28H,14H2,1-2H3/t21-/m0/s1. The van der Waals surface area contributed by atoms with Crippen molar-refractivity contribution in [3.8, 4) is 0 Å². The summed E-state index contributed by atoms with van der Waals surface area (Å²) in [6.07, 6.45) is 3.35. The SMILES string of the molecule is CC(C)c1ccc([C@H]2C(C(=O)c3cccs3)=C(O)C(=O)N2Cc2cccnc2)cc1. The van der Waals surface area contributed by atoms with Crippen LogP contribution in [0.4, 0.5) is 0 Å². The molecule has 0 saturated carbocycles. The number of aliphatic hydroxyl groups is 1. The Labute approximate surface area is 179 Å². The van der Waals surface area contributed by atoms with E-state index in [9.17, 15) is 14.7 Å². The Hall–Kier alpha value is -3.25. The lowest BCUT2D eigenvalue weighted by molar-refractivity contribution is -0.130. The maximum Gasteiger partial charge on any atom is 0.290 e. The van der Waals surface area contributed by atoms with Crippen molar-refractivity contribution in [2.75, 3.05) is 0 Å². The van der Waals surface area contributed by atoms with Crippen molar-refractivity contribution in [1.82, 2.24) is 9.88 Å². The molecule has 152 valence electrons. The average molecular weight is 419 g/mol. The van der Waals surface area contributed by atoms with Gasteiger partial charge in [0.15, 0.2) is 5.76 Å². The minimum atomic E-state index is -0.659. The second kappa shape index (κ2) is 8.24. The fraction of sp³-hybridized carbons (Fsp3) is 0.208. The first-order valence-electron chi connectivity index (χ1n) is 9.78. The number of aliphatic hydroxyl groups excluding tert-OH is 1. The highest BCUT2D eigenvalue weighted by Crippen LogP contribution is 2.40. The van der Waals surface area contributed by atoms with E-state index in [-0.39, 0.29) is 17.9 Å². The van der Waals surface area contributed by atoms with Gasteiger partial charge in [0.05, 0.1) is 16.5 Å². The molecule has 0 bridgehead atoms. The van der Waals surface area contributed by atoms with Crippen LogP contribution in [0.2, 0.25) is 0 Å². The molecule has 0 fully saturated rings. The number of hydrogen-bond acceptors (Lipinski definition) is 5. The van der Waals surface area contributed by atoms with Crippen molar-refractivity contribution < 1.29 is 14.7 Å². The fourth-order valence-corrected chi connectivity index (χ4v) is 4.37. The van der Waals surface area contributed by atoms with Crippen molar-refractivity contribution in [1.29, 1.82) is 0 Å². The summed E-state index contributed by atoms with van der Waals surface area (Å²) in [5, 5.41) is 12.5. The topological polar surface area (TPSA) is 70.5 Å². The maximum atomic E-state index is 13.2. The van der Waals surface area contributed by atoms with E-state index in [0.717, 1.165) is 11.1 Å². The molecular formula is C24H22N2O3S. The first-order valence-corrected chi connectivity index (χ1v) is 10.7. The molecule has 30 heavy (non-hydrogen) atoms. The number of benzene rings is 1. The van der Waals surface area contributed by atoms with Gasteiger partial charge in [-0.2, -0.15) is 0 Å². The monoisotopic (exact) mass is 418 g/mol. The summed E-state index contributed by atoms with van der Waals surface area (Å²) in [6.45, 7) is 4.47. The number of hydrogen-bond donors (Lipinski definition) is 1. The van der Waals surface area contributed by atoms with Crippen LogP contribution in [0.3, 0.4) is 0 Å². The lowest BCUT2D eigenvalue weighted by atomic mass is 9.93. The van der Waals surface area contributed by atoms with Gasteiger partial charge in [-0.1, -0.05) is 50.2 Å². The molecule has 1 amide bonds. The molecule has 1 aliphatic heterocycles. The number of ketones is 1. The zero-order chi connectivity index (χ0) is 21.3. The third-order valence-electron chi connectivity index (χ3n) is 5.29. The quantitative estimate of drug-likeness (QED) is 0.569. The van der Waals surface area contributed by atoms with Crippen LogP contribution in [0.1, 0.15) is 52.2 Å². The molecule has 1 atom stereocenters. The zero-order valence-electron chi connectivity index (χ0n) is 16.8. The predicted molar refractivity (Wildman–Crippen MR) is 116 cm³/mol. The molecule has 5 nitrogen and oxygen atoms in total. The lowest BCUT2D eigenvalue weighted by Crippen LogP contribution is -2.30. The molecule has 1 aromatic carbocycles. The van der Waals surface area contributed by atoms with Crippen LogP contribution in [0, 0.1) is 0 Å². The van der Waals surface area contributed by atoms with Crippen LogP contribution in [0.25, 0.3) is 0 Å². The number of Topliss-reactive ketones (excluding diaryl/α,β-unsaturated/α-hetero) is 1. The summed E-state index contributed by atoms with van der Waals surface area (Å²) in [6, 6.07) is 14.4. The number of rotatable bonds is 6. The highest BCUT2D eigenvalue weighted by molar-refractivity contribution is 7.12. The van der Waals surface area contributed by atoms with E-state index < -0.39 is 17.7 Å². The number of carbonyl (C=O) groups excluding carboxylic acids is 2. The molecule has 6 heteroatoms. The number of thiophene rings is 1. The van der Waals surface area contributed by atoms with Gasteiger partial charge < -0.3 is 10.0 Å². The van der Waals surface area contributed by atoms with E-state index in [4.69, 9.17) is 0 Å². The second-order valence-corrected chi connectivity index (χ2v) is 8.53. The van der Waals surface area contributed by atoms with Gasteiger partial charge in [0.1, 0.15) is 0 Å². The highest BCUT2D eigenvalue weighted by atomic mass is 32.1. The van der Waals surface area contributed by atoms with Gasteiger partial charge in [-0.3, -0.25) is 14.6 Å². The van der Waals surface area contributed by atoms with Crippen molar-refractivity contribution in [3.05, 3.63) is 99.2 Å². The van der Waals surface area contributed by atoms with Crippen molar-refractivity contribution in [2.45, 2.75) is 32.4 Å². The first kappa shape index (κ1) is 20.0. The van der Waals surface area contributed by atoms with Gasteiger partial charge >= 0.3 is 0 Å². The molecule has 0 radical (unpaired) electrons. The summed E-state index contributed by atoms with van der Waals surface area (Å²) >= 11 is 1.30. The molecule has 0 aliphatic carbocycles. The minimum absolute atomic E-state index is 0.128. The van der Waals surface area contributed by atoms with Crippen LogP contribution >= 0.6 is 11.3 Å². The molecule has 1 N–H and O–H groups in total. The summed E-state index contributed by atoms with van der Waals surface area (Å²) in [7, 11) is 0. The Morgan fingerprint density at radius 2 is 1.93 bits per heavy atom. The van der Waals surface area contributed by atoms with Crippen molar-refractivity contribution >= 4 is 23.0 Å². The lowest BCUT2D eigenvalue weighted by Gasteiger charge is -2.27. The normalized spacial score (nSPS) is 16.6. The van der Waals surface area contributed by atoms with E-state index in [1.807, 2.05) is 35.7 Å². The third kappa shape index (κ3) is 3.66. The van der Waals surface area contributed by atoms with Gasteiger partial charge in [-0.05, 0) is 40.1 Å². The van der Waals surface area contributed by atoms with E-state index in [1.54, 1.807) is 30.6 Å². The van der Waals surface area contributed by atoms with Gasteiger partial charge in [0.2, 0.25) is 5.78 Å². The predicted octanol–water partition coefficient (Wildman–Crippen LogP) is 5.05. The summed E-state index contributed by atoms with van der Waals surface area (Å²) in [5.41, 5.74) is 2.91. The van der Waals surface area contributed by atoms with Crippen LogP contribution < -0.4 is 0 Å². The smallest absolute Gasteiger partial charge is 0.290 e. The van der Waals surface area contributed by atoms with Gasteiger partial charge in [-0.15, -0.1) is 11.3 Å². The molecule has 0 unspecified atom stereocenters. The van der Waals surface area contributed by atoms with Gasteiger partial charge in [-0.25, -0.2) is 0 Å². The largest absolute Gasteiger partial charge is 0.503 e. The molecule has 3 aromatic rings. The molecule has 0 spiro atoms. The molecular weight excluding hydrogens is 396 g/mol. The van der Waals surface area contributed by atoms with Gasteiger partial charge in [0, 0.05) is 18.9 Å². The summed E-state index contributed by atoms with van der Waals surface area (Å²) in [4.78, 5) is 32.4. The van der Waals surface area contributed by atoms with E-state index in [0.29, 0.717) is 10.8 Å². The Bertz CT molecular complexity index is 1090. The summed E-state index contributed by atoms with van der Waals surface area (Å²) < 4.78 is 0. The number of carbonyl (C=O) groups is 2. The second-order valence-electron chi connectivity index (χ2n) is 7.59. The van der Waals surface area contributed by atoms with Crippen LogP contribution in [-0.4, -0.2) is 26.7 Å². The zero-order valence-corrected chi connectivity index (χ0v) is 17.6. The first-order chi connectivity index (χ1) is 14.5. The Kier molecular flexibility index (Phi) is 5.50. The molecule has 2 aromatic heterocycles. The third-order valence-corrected chi connectivity index (χ3v) is 6.16. The average Bonchev–Trinajstić information content (AvgIpc) is 3.37. The van der Waals surface area contributed by atoms with Crippen LogP contribution in [-0.2, 0) is 11.3 Å². The van der Waals surface area contributed by atoms with E-state index >= 15 is 0 Å². The van der Waals surface area contributed by atoms with E-state index in [2.05, 4.69) is 18.8 Å². The van der Waals surface area contributed by atoms with Crippen molar-refractivity contribution in [2.24, 2.45) is 0 Å². The van der Waals surface area contributed by atoms with E-state index in [1.165, 1.54) is 21.8 Å². The number of amides is 1. The maximum absolute atomic E-state index is 13.2.